The van der Waals surface area contributed by atoms with E-state index in [1.165, 1.54) is 17.7 Å². The third-order valence-electron chi connectivity index (χ3n) is 3.91. The number of benzene rings is 2. The molecular weight excluding hydrogens is 368 g/mol. The van der Waals surface area contributed by atoms with Gasteiger partial charge in [0.15, 0.2) is 0 Å². The van der Waals surface area contributed by atoms with Gasteiger partial charge in [-0.15, -0.1) is 0 Å². The second-order valence-electron chi connectivity index (χ2n) is 5.81. The molecule has 0 radical (unpaired) electrons. The van der Waals surface area contributed by atoms with Gasteiger partial charge in [0.2, 0.25) is 15.9 Å². The van der Waals surface area contributed by atoms with Crippen LogP contribution in [0.2, 0.25) is 0 Å². The Hall–Kier alpha value is -1.83. The molecule has 0 heterocycles. The second kappa shape index (κ2) is 9.75. The molecule has 2 aromatic carbocycles. The molecule has 0 fully saturated rings. The molecule has 0 unspecified atom stereocenters. The molecule has 7 heteroatoms. The highest BCUT2D eigenvalue weighted by Gasteiger charge is 2.25. The summed E-state index contributed by atoms with van der Waals surface area (Å²) < 4.78 is 27.6. The first-order valence-electron chi connectivity index (χ1n) is 8.42. The van der Waals surface area contributed by atoms with Gasteiger partial charge in [0, 0.05) is 5.69 Å². The first-order valence-corrected chi connectivity index (χ1v) is 11.3. The van der Waals surface area contributed by atoms with E-state index < -0.39 is 16.1 Å². The molecule has 0 saturated carbocycles. The van der Waals surface area contributed by atoms with Crippen molar-refractivity contribution in [3.8, 4) is 0 Å². The molecule has 2 N–H and O–H groups in total. The molecule has 1 atom stereocenters. The standard InChI is InChI=1S/C19H24N2O3S2/c1-3-15-9-11-16(12-10-15)20-19(22)18(13-14-25-2)21-26(23,24)17-7-5-4-6-8-17/h4-12,18,21H,3,13-14H2,1-2H3,(H,20,22)/t18-/m1/s1. The molecular formula is C19H24N2O3S2. The number of carbonyl (C=O) groups is 1. The Morgan fingerprint density at radius 1 is 1.08 bits per heavy atom. The Labute approximate surface area is 159 Å². The Bertz CT molecular complexity index is 806. The number of thioether (sulfide) groups is 1. The molecule has 2 aromatic rings. The fourth-order valence-corrected chi connectivity index (χ4v) is 4.11. The maximum Gasteiger partial charge on any atom is 0.242 e. The summed E-state index contributed by atoms with van der Waals surface area (Å²) in [5, 5.41) is 2.80. The number of hydrogen-bond acceptors (Lipinski definition) is 4. The zero-order chi connectivity index (χ0) is 19.0. The first-order chi connectivity index (χ1) is 12.5. The smallest absolute Gasteiger partial charge is 0.242 e. The molecule has 0 aliphatic heterocycles. The van der Waals surface area contributed by atoms with Crippen LogP contribution in [0.15, 0.2) is 59.5 Å². The van der Waals surface area contributed by atoms with Crippen LogP contribution < -0.4 is 10.0 Å². The quantitative estimate of drug-likeness (QED) is 0.687. The third-order valence-corrected chi connectivity index (χ3v) is 6.04. The fourth-order valence-electron chi connectivity index (χ4n) is 2.39. The highest BCUT2D eigenvalue weighted by Crippen LogP contribution is 2.14. The van der Waals surface area contributed by atoms with Crippen LogP contribution in [0.1, 0.15) is 18.9 Å². The first kappa shape index (κ1) is 20.5. The van der Waals surface area contributed by atoms with Crippen molar-refractivity contribution in [2.45, 2.75) is 30.7 Å². The van der Waals surface area contributed by atoms with Gasteiger partial charge in [0.1, 0.15) is 6.04 Å². The van der Waals surface area contributed by atoms with E-state index in [9.17, 15) is 13.2 Å². The van der Waals surface area contributed by atoms with Gasteiger partial charge < -0.3 is 5.32 Å². The largest absolute Gasteiger partial charge is 0.325 e. The molecule has 5 nitrogen and oxygen atoms in total. The van der Waals surface area contributed by atoms with Gasteiger partial charge in [0.25, 0.3) is 0 Å². The number of aryl methyl sites for hydroxylation is 1. The maximum atomic E-state index is 12.6. The average molecular weight is 393 g/mol. The van der Waals surface area contributed by atoms with Gasteiger partial charge >= 0.3 is 0 Å². The molecule has 1 amide bonds. The van der Waals surface area contributed by atoms with Crippen LogP contribution >= 0.6 is 11.8 Å². The predicted octanol–water partition coefficient (Wildman–Crippen LogP) is 3.29. The van der Waals surface area contributed by atoms with E-state index >= 15 is 0 Å². The fraction of sp³-hybridized carbons (Fsp3) is 0.316. The minimum atomic E-state index is -3.76. The summed E-state index contributed by atoms with van der Waals surface area (Å²) in [5.74, 6) is 0.312. The van der Waals surface area contributed by atoms with Crippen molar-refractivity contribution in [1.29, 1.82) is 0 Å². The van der Waals surface area contributed by atoms with E-state index in [4.69, 9.17) is 0 Å². The number of amides is 1. The number of anilines is 1. The van der Waals surface area contributed by atoms with Gasteiger partial charge in [0.05, 0.1) is 4.90 Å². The highest BCUT2D eigenvalue weighted by atomic mass is 32.2. The lowest BCUT2D eigenvalue weighted by Crippen LogP contribution is -2.44. The lowest BCUT2D eigenvalue weighted by atomic mass is 10.1. The molecule has 0 spiro atoms. The summed E-state index contributed by atoms with van der Waals surface area (Å²) in [4.78, 5) is 12.8. The average Bonchev–Trinajstić information content (AvgIpc) is 2.66. The minimum Gasteiger partial charge on any atom is -0.325 e. The summed E-state index contributed by atoms with van der Waals surface area (Å²) in [6.45, 7) is 2.06. The summed E-state index contributed by atoms with van der Waals surface area (Å²) in [7, 11) is -3.76. The van der Waals surface area contributed by atoms with E-state index in [1.54, 1.807) is 30.0 Å². The predicted molar refractivity (Wildman–Crippen MR) is 108 cm³/mol. The second-order valence-corrected chi connectivity index (χ2v) is 8.51. The van der Waals surface area contributed by atoms with E-state index in [2.05, 4.69) is 17.0 Å². The number of sulfonamides is 1. The summed E-state index contributed by atoms with van der Waals surface area (Å²) in [5.41, 5.74) is 1.83. The maximum absolute atomic E-state index is 12.6. The number of nitrogens with one attached hydrogen (secondary N) is 2. The van der Waals surface area contributed by atoms with Crippen LogP contribution in [0.3, 0.4) is 0 Å². The van der Waals surface area contributed by atoms with E-state index in [-0.39, 0.29) is 10.8 Å². The lowest BCUT2D eigenvalue weighted by Gasteiger charge is -2.18. The SMILES string of the molecule is CCc1ccc(NC(=O)[C@@H](CCSC)NS(=O)(=O)c2ccccc2)cc1. The summed E-state index contributed by atoms with van der Waals surface area (Å²) in [6.07, 6.45) is 3.25. The van der Waals surface area contributed by atoms with Crippen molar-refractivity contribution in [2.24, 2.45) is 0 Å². The number of rotatable bonds is 9. The minimum absolute atomic E-state index is 0.147. The lowest BCUT2D eigenvalue weighted by molar-refractivity contribution is -0.117. The normalized spacial score (nSPS) is 12.5. The van der Waals surface area contributed by atoms with E-state index in [0.29, 0.717) is 17.9 Å². The van der Waals surface area contributed by atoms with Crippen molar-refractivity contribution in [3.05, 3.63) is 60.2 Å². The van der Waals surface area contributed by atoms with E-state index in [1.807, 2.05) is 30.5 Å². The summed E-state index contributed by atoms with van der Waals surface area (Å²) >= 11 is 1.57. The van der Waals surface area contributed by atoms with Gasteiger partial charge in [-0.05, 0) is 54.7 Å². The number of carbonyl (C=O) groups excluding carboxylic acids is 1. The summed E-state index contributed by atoms with van der Waals surface area (Å²) in [6, 6.07) is 14.8. The van der Waals surface area contributed by atoms with Gasteiger partial charge in [-0.1, -0.05) is 37.3 Å². The van der Waals surface area contributed by atoms with Gasteiger partial charge in [-0.25, -0.2) is 8.42 Å². The molecule has 26 heavy (non-hydrogen) atoms. The Kier molecular flexibility index (Phi) is 7.68. The van der Waals surface area contributed by atoms with Crippen molar-refractivity contribution in [3.63, 3.8) is 0 Å². The molecule has 0 aromatic heterocycles. The molecule has 0 bridgehead atoms. The van der Waals surface area contributed by atoms with Crippen LogP contribution in [0.25, 0.3) is 0 Å². The van der Waals surface area contributed by atoms with Crippen molar-refractivity contribution >= 4 is 33.4 Å². The zero-order valence-corrected chi connectivity index (χ0v) is 16.6. The van der Waals surface area contributed by atoms with Gasteiger partial charge in [-0.3, -0.25) is 4.79 Å². The molecule has 2 rings (SSSR count). The Morgan fingerprint density at radius 2 is 1.73 bits per heavy atom. The van der Waals surface area contributed by atoms with Gasteiger partial charge in [-0.2, -0.15) is 16.5 Å². The van der Waals surface area contributed by atoms with Crippen LogP contribution in [-0.2, 0) is 21.2 Å². The van der Waals surface area contributed by atoms with Crippen molar-refractivity contribution in [2.75, 3.05) is 17.3 Å². The highest BCUT2D eigenvalue weighted by molar-refractivity contribution is 7.98. The van der Waals surface area contributed by atoms with Crippen LogP contribution in [-0.4, -0.2) is 32.4 Å². The van der Waals surface area contributed by atoms with Crippen LogP contribution in [0, 0.1) is 0 Å². The number of hydrogen-bond donors (Lipinski definition) is 2. The zero-order valence-electron chi connectivity index (χ0n) is 14.9. The Morgan fingerprint density at radius 3 is 2.31 bits per heavy atom. The van der Waals surface area contributed by atoms with Crippen molar-refractivity contribution in [1.82, 2.24) is 4.72 Å². The van der Waals surface area contributed by atoms with Crippen LogP contribution in [0.5, 0.6) is 0 Å². The molecule has 0 saturated heterocycles. The molecule has 0 aliphatic rings. The van der Waals surface area contributed by atoms with Crippen LogP contribution in [0.4, 0.5) is 5.69 Å². The topological polar surface area (TPSA) is 75.3 Å². The van der Waals surface area contributed by atoms with Crippen molar-refractivity contribution < 1.29 is 13.2 Å². The third kappa shape index (κ3) is 5.86. The monoisotopic (exact) mass is 392 g/mol. The Balaban J connectivity index is 2.13. The molecule has 0 aliphatic carbocycles. The van der Waals surface area contributed by atoms with E-state index in [0.717, 1.165) is 6.42 Å². The molecule has 140 valence electrons.